The van der Waals surface area contributed by atoms with Crippen LogP contribution in [0.2, 0.25) is 0 Å². The van der Waals surface area contributed by atoms with Gasteiger partial charge in [-0.25, -0.2) is 4.98 Å². The van der Waals surface area contributed by atoms with E-state index in [-0.39, 0.29) is 0 Å². The van der Waals surface area contributed by atoms with Crippen LogP contribution in [0.1, 0.15) is 0 Å². The molecule has 2 heterocycles. The van der Waals surface area contributed by atoms with Gasteiger partial charge in [0.05, 0.1) is 16.7 Å². The van der Waals surface area contributed by atoms with Crippen LogP contribution in [0.15, 0.2) is 192 Å². The Morgan fingerprint density at radius 2 is 1.10 bits per heavy atom. The third-order valence-electron chi connectivity index (χ3n) is 9.80. The summed E-state index contributed by atoms with van der Waals surface area (Å²) < 4.78 is 8.91. The lowest BCUT2D eigenvalue weighted by atomic mass is 9.94. The summed E-state index contributed by atoms with van der Waals surface area (Å²) in [5.74, 6) is 0.608. The molecule has 51 heavy (non-hydrogen) atoms. The van der Waals surface area contributed by atoms with E-state index in [0.717, 1.165) is 45.0 Å². The Hall–Kier alpha value is -6.91. The molecule has 0 saturated heterocycles. The van der Waals surface area contributed by atoms with Crippen molar-refractivity contribution in [3.63, 3.8) is 0 Å². The zero-order valence-electron chi connectivity index (χ0n) is 27.6. The number of hydrogen-bond donors (Lipinski definition) is 0. The van der Waals surface area contributed by atoms with E-state index in [1.807, 2.05) is 48.5 Å². The number of nitrogens with zero attached hydrogens (tertiary/aromatic N) is 3. The molecule has 240 valence electrons. The van der Waals surface area contributed by atoms with Gasteiger partial charge in [-0.15, -0.1) is 0 Å². The molecule has 0 aliphatic rings. The summed E-state index contributed by atoms with van der Waals surface area (Å²) in [6.45, 7) is 0. The van der Waals surface area contributed by atoms with E-state index in [2.05, 4.69) is 149 Å². The highest BCUT2D eigenvalue weighted by atomic mass is 16.3. The summed E-state index contributed by atoms with van der Waals surface area (Å²) >= 11 is 0. The van der Waals surface area contributed by atoms with Gasteiger partial charge in [0.1, 0.15) is 5.52 Å². The van der Waals surface area contributed by atoms with Gasteiger partial charge >= 0.3 is 0 Å². The van der Waals surface area contributed by atoms with Crippen molar-refractivity contribution in [3.8, 4) is 28.3 Å². The quantitative estimate of drug-likeness (QED) is 0.179. The van der Waals surface area contributed by atoms with Crippen molar-refractivity contribution in [1.29, 1.82) is 0 Å². The molecule has 0 amide bonds. The van der Waals surface area contributed by atoms with E-state index in [4.69, 9.17) is 9.40 Å². The molecule has 0 aliphatic carbocycles. The number of anilines is 3. The zero-order chi connectivity index (χ0) is 33.7. The van der Waals surface area contributed by atoms with Crippen LogP contribution < -0.4 is 4.90 Å². The molecular weight excluding hydrogens is 623 g/mol. The number of fused-ring (bicyclic) bond motifs is 6. The van der Waals surface area contributed by atoms with E-state index in [0.29, 0.717) is 5.89 Å². The molecule has 0 spiro atoms. The van der Waals surface area contributed by atoms with Gasteiger partial charge < -0.3 is 13.9 Å². The fourth-order valence-electron chi connectivity index (χ4n) is 7.53. The molecule has 8 aromatic carbocycles. The average Bonchev–Trinajstić information content (AvgIpc) is 3.80. The van der Waals surface area contributed by atoms with Gasteiger partial charge in [0, 0.05) is 33.4 Å². The van der Waals surface area contributed by atoms with Gasteiger partial charge in [0.15, 0.2) is 5.58 Å². The topological polar surface area (TPSA) is 34.2 Å². The lowest BCUT2D eigenvalue weighted by Gasteiger charge is -2.25. The van der Waals surface area contributed by atoms with Crippen LogP contribution in [0.4, 0.5) is 17.1 Å². The fourth-order valence-corrected chi connectivity index (χ4v) is 7.53. The molecule has 0 aliphatic heterocycles. The van der Waals surface area contributed by atoms with Gasteiger partial charge in [0.25, 0.3) is 0 Å². The first-order valence-corrected chi connectivity index (χ1v) is 17.2. The zero-order valence-corrected chi connectivity index (χ0v) is 27.6. The first-order valence-electron chi connectivity index (χ1n) is 17.2. The Kier molecular flexibility index (Phi) is 6.78. The minimum atomic E-state index is 0.608. The summed E-state index contributed by atoms with van der Waals surface area (Å²) in [5, 5.41) is 5.01. The maximum absolute atomic E-state index is 6.51. The minimum absolute atomic E-state index is 0.608. The minimum Gasteiger partial charge on any atom is -0.434 e. The summed E-state index contributed by atoms with van der Waals surface area (Å²) in [5.41, 5.74) is 11.4. The highest BCUT2D eigenvalue weighted by Gasteiger charge is 2.21. The number of oxazole rings is 1. The predicted molar refractivity (Wildman–Crippen MR) is 211 cm³/mol. The third kappa shape index (κ3) is 4.80. The van der Waals surface area contributed by atoms with E-state index >= 15 is 0 Å². The van der Waals surface area contributed by atoms with Crippen molar-refractivity contribution >= 4 is 60.7 Å². The van der Waals surface area contributed by atoms with Crippen molar-refractivity contribution in [2.75, 3.05) is 4.90 Å². The highest BCUT2D eigenvalue weighted by molar-refractivity contribution is 6.24. The number of rotatable bonds is 6. The number of hydrogen-bond acceptors (Lipinski definition) is 3. The smallest absolute Gasteiger partial charge is 0.227 e. The van der Waals surface area contributed by atoms with Crippen LogP contribution in [-0.4, -0.2) is 9.55 Å². The molecule has 4 heteroatoms. The van der Waals surface area contributed by atoms with E-state index in [1.54, 1.807) is 0 Å². The second-order valence-electron chi connectivity index (χ2n) is 12.8. The molecule has 0 N–H and O–H groups in total. The van der Waals surface area contributed by atoms with E-state index < -0.39 is 0 Å². The molecule has 2 aromatic heterocycles. The molecule has 10 rings (SSSR count). The lowest BCUT2D eigenvalue weighted by molar-refractivity contribution is 0.620. The van der Waals surface area contributed by atoms with Crippen molar-refractivity contribution < 1.29 is 4.42 Å². The molecule has 0 radical (unpaired) electrons. The van der Waals surface area contributed by atoms with E-state index in [9.17, 15) is 0 Å². The Balaban J connectivity index is 1.15. The van der Waals surface area contributed by atoms with Gasteiger partial charge in [-0.2, -0.15) is 0 Å². The van der Waals surface area contributed by atoms with Crippen molar-refractivity contribution in [2.45, 2.75) is 0 Å². The van der Waals surface area contributed by atoms with Crippen molar-refractivity contribution in [1.82, 2.24) is 9.55 Å². The SMILES string of the molecule is c1ccc(-c2nc3cccc(N(c4ccccc4)c4ccc(-c5cc6c(c7ccccc57)c5ccccc5n6-c5ccccc5)cc4)c3o2)cc1. The molecular formula is C47H31N3O. The standard InChI is InChI=1S/C47H31N3O/c1-4-15-33(16-5-1)47-48-41-24-14-26-43(46(41)51-47)49(34-17-6-2-7-18-34)36-29-27-32(28-30-36)40-31-44-45(38-22-11-10-21-37(38)40)39-23-12-13-25-42(39)50(44)35-19-8-3-9-20-35/h1-31H. The van der Waals surface area contributed by atoms with Gasteiger partial charge in [-0.3, -0.25) is 0 Å². The molecule has 0 fully saturated rings. The molecule has 0 unspecified atom stereocenters. The second-order valence-corrected chi connectivity index (χ2v) is 12.8. The van der Waals surface area contributed by atoms with Crippen LogP contribution >= 0.6 is 0 Å². The Morgan fingerprint density at radius 1 is 0.471 bits per heavy atom. The first kappa shape index (κ1) is 29.0. The van der Waals surface area contributed by atoms with Gasteiger partial charge in [-0.05, 0) is 94.7 Å². The second kappa shape index (κ2) is 11.9. The summed E-state index contributed by atoms with van der Waals surface area (Å²) in [6.07, 6.45) is 0. The maximum atomic E-state index is 6.51. The van der Waals surface area contributed by atoms with Crippen LogP contribution in [0.3, 0.4) is 0 Å². The first-order chi connectivity index (χ1) is 25.3. The van der Waals surface area contributed by atoms with Crippen LogP contribution in [0.5, 0.6) is 0 Å². The number of aromatic nitrogens is 2. The number of para-hydroxylation sites is 4. The third-order valence-corrected chi connectivity index (χ3v) is 9.80. The summed E-state index contributed by atoms with van der Waals surface area (Å²) in [7, 11) is 0. The Morgan fingerprint density at radius 3 is 1.86 bits per heavy atom. The maximum Gasteiger partial charge on any atom is 0.227 e. The van der Waals surface area contributed by atoms with Crippen LogP contribution in [0.25, 0.3) is 71.9 Å². The summed E-state index contributed by atoms with van der Waals surface area (Å²) in [4.78, 5) is 7.12. The van der Waals surface area contributed by atoms with E-state index in [1.165, 1.54) is 38.1 Å². The monoisotopic (exact) mass is 653 g/mol. The molecule has 4 nitrogen and oxygen atoms in total. The van der Waals surface area contributed by atoms with Crippen molar-refractivity contribution in [3.05, 3.63) is 188 Å². The fraction of sp³-hybridized carbons (Fsp3) is 0. The molecule has 0 bridgehead atoms. The van der Waals surface area contributed by atoms with Crippen LogP contribution in [0, 0.1) is 0 Å². The predicted octanol–water partition coefficient (Wildman–Crippen LogP) is 12.9. The summed E-state index contributed by atoms with van der Waals surface area (Å²) in [6, 6.07) is 66.1. The lowest BCUT2D eigenvalue weighted by Crippen LogP contribution is -2.10. The largest absolute Gasteiger partial charge is 0.434 e. The van der Waals surface area contributed by atoms with Crippen LogP contribution in [-0.2, 0) is 0 Å². The molecule has 10 aromatic rings. The number of benzene rings is 8. The Labute approximate surface area is 295 Å². The van der Waals surface area contributed by atoms with Crippen molar-refractivity contribution in [2.24, 2.45) is 0 Å². The average molecular weight is 654 g/mol. The Bertz CT molecular complexity index is 2840. The molecule has 0 saturated carbocycles. The van der Waals surface area contributed by atoms with Gasteiger partial charge in [-0.1, -0.05) is 115 Å². The normalized spacial score (nSPS) is 11.5. The highest BCUT2D eigenvalue weighted by Crippen LogP contribution is 2.44. The van der Waals surface area contributed by atoms with Gasteiger partial charge in [0.2, 0.25) is 5.89 Å². The molecule has 0 atom stereocenters.